The molecule has 0 atom stereocenters. The van der Waals surface area contributed by atoms with Gasteiger partial charge in [-0.2, -0.15) is 8.42 Å². The van der Waals surface area contributed by atoms with Crippen LogP contribution >= 0.6 is 0 Å². The Morgan fingerprint density at radius 3 is 2.50 bits per heavy atom. The number of amides is 1. The lowest BCUT2D eigenvalue weighted by Crippen LogP contribution is -2.35. The maximum Gasteiger partial charge on any atom is 0.586 e. The molecule has 15 heteroatoms. The van der Waals surface area contributed by atoms with Crippen LogP contribution in [0.4, 0.5) is 14.5 Å². The molecule has 3 heterocycles. The van der Waals surface area contributed by atoms with Crippen LogP contribution in [0.25, 0.3) is 11.0 Å². The van der Waals surface area contributed by atoms with Gasteiger partial charge in [0.15, 0.2) is 17.0 Å². The summed E-state index contributed by atoms with van der Waals surface area (Å²) >= 11 is 0. The predicted molar refractivity (Wildman–Crippen MR) is 128 cm³/mol. The summed E-state index contributed by atoms with van der Waals surface area (Å²) in [6.07, 6.45) is -2.68. The molecule has 4 aromatic rings. The van der Waals surface area contributed by atoms with Crippen molar-refractivity contribution >= 4 is 32.7 Å². The zero-order valence-corrected chi connectivity index (χ0v) is 20.9. The van der Waals surface area contributed by atoms with Crippen LogP contribution in [0.1, 0.15) is 11.1 Å². The summed E-state index contributed by atoms with van der Waals surface area (Å²) < 4.78 is 67.3. The Labute approximate surface area is 213 Å². The third-order valence-electron chi connectivity index (χ3n) is 5.74. The second-order valence-electron chi connectivity index (χ2n) is 8.45. The number of imidazole rings is 1. The van der Waals surface area contributed by atoms with E-state index >= 15 is 0 Å². The first-order valence-electron chi connectivity index (χ1n) is 11.0. The number of carbonyl (C=O) groups is 1. The van der Waals surface area contributed by atoms with Crippen molar-refractivity contribution in [1.29, 1.82) is 0 Å². The van der Waals surface area contributed by atoms with Crippen molar-refractivity contribution < 1.29 is 35.6 Å². The van der Waals surface area contributed by atoms with Crippen LogP contribution in [0.5, 0.6) is 17.4 Å². The number of rotatable bonds is 6. The van der Waals surface area contributed by atoms with Crippen molar-refractivity contribution in [3.63, 3.8) is 0 Å². The van der Waals surface area contributed by atoms with E-state index in [1.807, 2.05) is 0 Å². The quantitative estimate of drug-likeness (QED) is 0.360. The number of halogens is 2. The van der Waals surface area contributed by atoms with Gasteiger partial charge in [0.05, 0.1) is 12.0 Å². The largest absolute Gasteiger partial charge is 0.586 e. The Morgan fingerprint density at radius 2 is 1.82 bits per heavy atom. The highest BCUT2D eigenvalue weighted by molar-refractivity contribution is 7.87. The van der Waals surface area contributed by atoms with Crippen molar-refractivity contribution in [1.82, 2.24) is 19.7 Å². The number of aromatic nitrogens is 4. The van der Waals surface area contributed by atoms with Gasteiger partial charge in [0.2, 0.25) is 5.91 Å². The fraction of sp³-hybridized carbons (Fsp3) is 0.217. The molecule has 1 amide bonds. The van der Waals surface area contributed by atoms with Crippen LogP contribution < -0.4 is 24.1 Å². The maximum absolute atomic E-state index is 13.4. The first-order valence-corrected chi connectivity index (χ1v) is 12.4. The molecule has 2 aromatic heterocycles. The highest BCUT2D eigenvalue weighted by atomic mass is 32.2. The highest BCUT2D eigenvalue weighted by Gasteiger charge is 2.44. The van der Waals surface area contributed by atoms with Gasteiger partial charge in [-0.15, -0.1) is 13.9 Å². The van der Waals surface area contributed by atoms with Crippen molar-refractivity contribution in [2.75, 3.05) is 11.9 Å². The van der Waals surface area contributed by atoms with Crippen LogP contribution in [0.2, 0.25) is 0 Å². The van der Waals surface area contributed by atoms with Gasteiger partial charge in [-0.1, -0.05) is 17.7 Å². The molecule has 0 radical (unpaired) electrons. The van der Waals surface area contributed by atoms with Gasteiger partial charge in [-0.3, -0.25) is 9.59 Å². The molecule has 0 saturated heterocycles. The number of aryl methyl sites for hydroxylation is 2. The number of anilines is 1. The summed E-state index contributed by atoms with van der Waals surface area (Å²) in [7, 11) is -2.98. The second kappa shape index (κ2) is 8.79. The normalized spacial score (nSPS) is 14.0. The maximum atomic E-state index is 13.4. The Morgan fingerprint density at radius 1 is 1.16 bits per heavy atom. The monoisotopic (exact) mass is 547 g/mol. The number of nitrogens with one attached hydrogen (secondary N) is 1. The lowest BCUT2D eigenvalue weighted by atomic mass is 10.1. The molecule has 0 saturated carbocycles. The second-order valence-corrected chi connectivity index (χ2v) is 10.00. The summed E-state index contributed by atoms with van der Waals surface area (Å²) in [6, 6.07) is 8.38. The molecule has 5 rings (SSSR count). The minimum Gasteiger partial charge on any atom is -0.395 e. The summed E-state index contributed by atoms with van der Waals surface area (Å²) in [5.74, 6) is -1.62. The molecule has 1 aliphatic heterocycles. The molecule has 0 spiro atoms. The van der Waals surface area contributed by atoms with Crippen LogP contribution in [0.15, 0.2) is 52.4 Å². The van der Waals surface area contributed by atoms with Crippen molar-refractivity contribution in [3.05, 3.63) is 64.2 Å². The molecule has 0 fully saturated rings. The number of aromatic amines is 1. The van der Waals surface area contributed by atoms with E-state index in [0.717, 1.165) is 16.8 Å². The van der Waals surface area contributed by atoms with Gasteiger partial charge in [-0.25, -0.2) is 9.67 Å². The molecule has 198 valence electrons. The van der Waals surface area contributed by atoms with Gasteiger partial charge in [0.25, 0.3) is 11.4 Å². The van der Waals surface area contributed by atoms with Crippen molar-refractivity contribution in [2.45, 2.75) is 31.6 Å². The number of likely N-dealkylation sites (N-methyl/N-ethyl adjacent to an activating group) is 1. The summed E-state index contributed by atoms with van der Waals surface area (Å²) in [5.41, 5.74) is 0.395. The average Bonchev–Trinajstić information content (AvgIpc) is 3.44. The lowest BCUT2D eigenvalue weighted by molar-refractivity contribution is -0.286. The Kier molecular flexibility index (Phi) is 5.82. The van der Waals surface area contributed by atoms with Crippen LogP contribution in [0, 0.1) is 13.8 Å². The van der Waals surface area contributed by atoms with E-state index in [0.29, 0.717) is 10.2 Å². The third-order valence-corrected chi connectivity index (χ3v) is 6.97. The number of benzene rings is 2. The van der Waals surface area contributed by atoms with Gasteiger partial charge < -0.3 is 23.5 Å². The molecule has 0 bridgehead atoms. The topological polar surface area (TPSA) is 146 Å². The van der Waals surface area contributed by atoms with E-state index in [1.165, 1.54) is 31.3 Å². The van der Waals surface area contributed by atoms with Crippen LogP contribution in [-0.4, -0.2) is 47.4 Å². The SMILES string of the molecule is Cc1ccc(S(=O)(=O)Oc2nn(CC(=O)N(C)c3cc4c(cc3C)OC(F)(F)O4)c(=O)c3nc[nH]c23)cc1. The molecule has 1 N–H and O–H groups in total. The van der Waals surface area contributed by atoms with Gasteiger partial charge in [-0.05, 0) is 37.6 Å². The average molecular weight is 547 g/mol. The molecular weight excluding hydrogens is 528 g/mol. The highest BCUT2D eigenvalue weighted by Crippen LogP contribution is 2.44. The summed E-state index contributed by atoms with van der Waals surface area (Å²) in [4.78, 5) is 33.5. The molecule has 1 aliphatic rings. The van der Waals surface area contributed by atoms with E-state index in [4.69, 9.17) is 4.18 Å². The van der Waals surface area contributed by atoms with E-state index in [-0.39, 0.29) is 33.1 Å². The molecule has 12 nitrogen and oxygen atoms in total. The minimum atomic E-state index is -4.35. The number of ether oxygens (including phenoxy) is 2. The van der Waals surface area contributed by atoms with E-state index in [2.05, 4.69) is 24.5 Å². The molecule has 0 aliphatic carbocycles. The number of carbonyl (C=O) groups excluding carboxylic acids is 1. The predicted octanol–water partition coefficient (Wildman–Crippen LogP) is 2.49. The summed E-state index contributed by atoms with van der Waals surface area (Å²) in [5, 5.41) is 3.96. The number of hydrogen-bond acceptors (Lipinski definition) is 9. The van der Waals surface area contributed by atoms with Crippen molar-refractivity contribution in [3.8, 4) is 17.4 Å². The molecule has 0 unspecified atom stereocenters. The zero-order valence-electron chi connectivity index (χ0n) is 20.1. The number of fused-ring (bicyclic) bond motifs is 2. The summed E-state index contributed by atoms with van der Waals surface area (Å²) in [6.45, 7) is 2.71. The smallest absolute Gasteiger partial charge is 0.395 e. The number of H-pyrrole nitrogens is 1. The first-order chi connectivity index (χ1) is 17.8. The number of hydrogen-bond donors (Lipinski definition) is 1. The van der Waals surface area contributed by atoms with Gasteiger partial charge in [0, 0.05) is 13.1 Å². The lowest BCUT2D eigenvalue weighted by Gasteiger charge is -2.20. The Bertz CT molecular complexity index is 1750. The van der Waals surface area contributed by atoms with E-state index < -0.39 is 40.3 Å². The molecule has 38 heavy (non-hydrogen) atoms. The Balaban J connectivity index is 1.46. The Hall–Kier alpha value is -4.53. The van der Waals surface area contributed by atoms with Crippen molar-refractivity contribution in [2.24, 2.45) is 0 Å². The standard InChI is InChI=1S/C23H19F2N5O7S/c1-12-4-6-14(7-5-12)38(33,34)37-21-19-20(27-11-26-19)22(32)30(28-21)10-18(31)29(3)15-9-17-16(8-13(15)2)35-23(24,25)36-17/h4-9,11H,10H2,1-3H3,(H,26,27). The van der Waals surface area contributed by atoms with Crippen LogP contribution in [0.3, 0.4) is 0 Å². The zero-order chi connectivity index (χ0) is 27.4. The van der Waals surface area contributed by atoms with Crippen LogP contribution in [-0.2, 0) is 21.5 Å². The number of alkyl halides is 2. The number of nitrogens with zero attached hydrogens (tertiary/aromatic N) is 4. The van der Waals surface area contributed by atoms with E-state index in [9.17, 15) is 26.8 Å². The third kappa shape index (κ3) is 4.51. The van der Waals surface area contributed by atoms with E-state index in [1.54, 1.807) is 26.0 Å². The fourth-order valence-corrected chi connectivity index (χ4v) is 4.68. The van der Waals surface area contributed by atoms with Gasteiger partial charge in [0.1, 0.15) is 17.0 Å². The molecule has 2 aromatic carbocycles. The molecular formula is C23H19F2N5O7S. The fourth-order valence-electron chi connectivity index (χ4n) is 3.79. The van der Waals surface area contributed by atoms with Gasteiger partial charge >= 0.3 is 16.4 Å². The first kappa shape index (κ1) is 25.1. The minimum absolute atomic E-state index is 0.0738.